The molecular weight excluding hydrogens is 220 g/mol. The highest BCUT2D eigenvalue weighted by Crippen LogP contribution is 2.28. The van der Waals surface area contributed by atoms with Gasteiger partial charge in [-0.3, -0.25) is 9.59 Å². The normalized spacial score (nSPS) is 14.7. The van der Waals surface area contributed by atoms with Gasteiger partial charge in [0.05, 0.1) is 12.2 Å². The third-order valence-electron chi connectivity index (χ3n) is 3.16. The van der Waals surface area contributed by atoms with E-state index in [1.807, 2.05) is 0 Å². The number of rotatable bonds is 3. The molecule has 1 aromatic heterocycles. The predicted octanol–water partition coefficient (Wildman–Crippen LogP) is 0.426. The number of hydrogen-bond donors (Lipinski definition) is 2. The van der Waals surface area contributed by atoms with Crippen molar-refractivity contribution in [3.8, 4) is 5.75 Å². The number of aromatic hydroxyl groups is 1. The number of hydrogen-bond acceptors (Lipinski definition) is 3. The van der Waals surface area contributed by atoms with Crippen molar-refractivity contribution in [2.24, 2.45) is 13.0 Å². The van der Waals surface area contributed by atoms with Crippen LogP contribution < -0.4 is 10.7 Å². The maximum atomic E-state index is 11.5. The van der Waals surface area contributed by atoms with Crippen LogP contribution in [0.1, 0.15) is 24.2 Å². The lowest BCUT2D eigenvalue weighted by molar-refractivity contribution is -0.122. The summed E-state index contributed by atoms with van der Waals surface area (Å²) in [4.78, 5) is 22.9. The first-order valence-corrected chi connectivity index (χ1v) is 5.67. The molecule has 5 nitrogen and oxygen atoms in total. The molecule has 1 fully saturated rings. The van der Waals surface area contributed by atoms with Crippen LogP contribution in [0.25, 0.3) is 0 Å². The van der Waals surface area contributed by atoms with Crippen LogP contribution in [0.5, 0.6) is 5.75 Å². The second-order valence-electron chi connectivity index (χ2n) is 4.50. The van der Waals surface area contributed by atoms with Gasteiger partial charge in [-0.2, -0.15) is 0 Å². The summed E-state index contributed by atoms with van der Waals surface area (Å²) in [5, 5.41) is 12.4. The van der Waals surface area contributed by atoms with E-state index in [9.17, 15) is 14.7 Å². The van der Waals surface area contributed by atoms with Crippen molar-refractivity contribution >= 4 is 5.91 Å². The van der Waals surface area contributed by atoms with Gasteiger partial charge in [-0.15, -0.1) is 0 Å². The molecule has 5 heteroatoms. The van der Waals surface area contributed by atoms with Crippen molar-refractivity contribution in [2.75, 3.05) is 0 Å². The Morgan fingerprint density at radius 2 is 2.24 bits per heavy atom. The van der Waals surface area contributed by atoms with E-state index in [4.69, 9.17) is 0 Å². The SMILES string of the molecule is Cc1cc(=O)c(O)c(CNC(=O)C2CC2)n1C. The topological polar surface area (TPSA) is 71.3 Å². The summed E-state index contributed by atoms with van der Waals surface area (Å²) in [6, 6.07) is 1.38. The van der Waals surface area contributed by atoms with Crippen LogP contribution in [0.3, 0.4) is 0 Å². The molecule has 0 radical (unpaired) electrons. The molecule has 1 aromatic rings. The van der Waals surface area contributed by atoms with Gasteiger partial charge in [-0.25, -0.2) is 0 Å². The van der Waals surface area contributed by atoms with Crippen molar-refractivity contribution < 1.29 is 9.90 Å². The molecule has 1 amide bonds. The molecule has 2 N–H and O–H groups in total. The Hall–Kier alpha value is -1.78. The minimum Gasteiger partial charge on any atom is -0.503 e. The lowest BCUT2D eigenvalue weighted by Crippen LogP contribution is -2.27. The molecule has 1 aliphatic rings. The first-order valence-electron chi connectivity index (χ1n) is 5.67. The third kappa shape index (κ3) is 2.33. The fourth-order valence-corrected chi connectivity index (χ4v) is 1.73. The van der Waals surface area contributed by atoms with Crippen LogP contribution in [-0.2, 0) is 18.4 Å². The summed E-state index contributed by atoms with van der Waals surface area (Å²) in [6.45, 7) is 1.97. The minimum atomic E-state index is -0.406. The van der Waals surface area contributed by atoms with Crippen molar-refractivity contribution in [3.05, 3.63) is 27.7 Å². The maximum Gasteiger partial charge on any atom is 0.223 e. The Kier molecular flexibility index (Phi) is 2.92. The smallest absolute Gasteiger partial charge is 0.223 e. The van der Waals surface area contributed by atoms with E-state index in [-0.39, 0.29) is 24.1 Å². The Morgan fingerprint density at radius 1 is 1.59 bits per heavy atom. The second kappa shape index (κ2) is 4.24. The monoisotopic (exact) mass is 236 g/mol. The molecule has 0 spiro atoms. The number of pyridine rings is 1. The fraction of sp³-hybridized carbons (Fsp3) is 0.500. The molecule has 92 valence electrons. The van der Waals surface area contributed by atoms with Gasteiger partial charge in [-0.1, -0.05) is 0 Å². The van der Waals surface area contributed by atoms with E-state index < -0.39 is 5.43 Å². The molecule has 0 bridgehead atoms. The van der Waals surface area contributed by atoms with Gasteiger partial charge >= 0.3 is 0 Å². The van der Waals surface area contributed by atoms with Gasteiger partial charge in [-0.05, 0) is 19.8 Å². The van der Waals surface area contributed by atoms with E-state index in [0.717, 1.165) is 18.5 Å². The van der Waals surface area contributed by atoms with Crippen molar-refractivity contribution in [2.45, 2.75) is 26.3 Å². The van der Waals surface area contributed by atoms with E-state index in [2.05, 4.69) is 5.32 Å². The summed E-state index contributed by atoms with van der Waals surface area (Å²) < 4.78 is 1.71. The molecule has 0 aromatic carbocycles. The van der Waals surface area contributed by atoms with Crippen LogP contribution >= 0.6 is 0 Å². The van der Waals surface area contributed by atoms with E-state index in [0.29, 0.717) is 5.69 Å². The lowest BCUT2D eigenvalue weighted by Gasteiger charge is -2.14. The van der Waals surface area contributed by atoms with E-state index in [1.54, 1.807) is 18.5 Å². The van der Waals surface area contributed by atoms with Gasteiger partial charge in [0.15, 0.2) is 5.75 Å². The average molecular weight is 236 g/mol. The molecule has 0 saturated heterocycles. The van der Waals surface area contributed by atoms with Crippen LogP contribution in [0.4, 0.5) is 0 Å². The van der Waals surface area contributed by atoms with E-state index >= 15 is 0 Å². The number of carbonyl (C=O) groups excluding carboxylic acids is 1. The highest BCUT2D eigenvalue weighted by atomic mass is 16.3. The minimum absolute atomic E-state index is 0.00152. The van der Waals surface area contributed by atoms with Gasteiger partial charge in [0.1, 0.15) is 0 Å². The largest absolute Gasteiger partial charge is 0.503 e. The van der Waals surface area contributed by atoms with Crippen molar-refractivity contribution in [1.82, 2.24) is 9.88 Å². The number of carbonyl (C=O) groups is 1. The van der Waals surface area contributed by atoms with Crippen LogP contribution in [0, 0.1) is 12.8 Å². The Bertz CT molecular complexity index is 515. The Labute approximate surface area is 99.1 Å². The summed E-state index contributed by atoms with van der Waals surface area (Å²) in [5.74, 6) is -0.161. The quantitative estimate of drug-likeness (QED) is 0.799. The molecule has 0 aliphatic heterocycles. The highest BCUT2D eigenvalue weighted by molar-refractivity contribution is 5.80. The first kappa shape index (κ1) is 11.7. The summed E-state index contributed by atoms with van der Waals surface area (Å²) >= 11 is 0. The summed E-state index contributed by atoms with van der Waals surface area (Å²) in [6.07, 6.45) is 1.87. The second-order valence-corrected chi connectivity index (χ2v) is 4.50. The van der Waals surface area contributed by atoms with Gasteiger partial charge in [0.25, 0.3) is 0 Å². The zero-order valence-corrected chi connectivity index (χ0v) is 9.99. The van der Waals surface area contributed by atoms with E-state index in [1.165, 1.54) is 6.07 Å². The standard InChI is InChI=1S/C12H16N2O3/c1-7-5-10(15)11(16)9(14(7)2)6-13-12(17)8-3-4-8/h5,8,16H,3-4,6H2,1-2H3,(H,13,17). The number of amides is 1. The maximum absolute atomic E-state index is 11.5. The van der Waals surface area contributed by atoms with Crippen molar-refractivity contribution in [3.63, 3.8) is 0 Å². The predicted molar refractivity (Wildman–Crippen MR) is 62.7 cm³/mol. The molecule has 1 saturated carbocycles. The van der Waals surface area contributed by atoms with Crippen molar-refractivity contribution in [1.29, 1.82) is 0 Å². The van der Waals surface area contributed by atoms with Gasteiger partial charge < -0.3 is 15.0 Å². The fourth-order valence-electron chi connectivity index (χ4n) is 1.73. The number of aryl methyl sites for hydroxylation is 1. The zero-order chi connectivity index (χ0) is 12.6. The Morgan fingerprint density at radius 3 is 2.82 bits per heavy atom. The van der Waals surface area contributed by atoms with Crippen LogP contribution in [0.15, 0.2) is 10.9 Å². The number of nitrogens with one attached hydrogen (secondary N) is 1. The third-order valence-corrected chi connectivity index (χ3v) is 3.16. The van der Waals surface area contributed by atoms with Gasteiger partial charge in [0, 0.05) is 24.7 Å². The van der Waals surface area contributed by atoms with Crippen LogP contribution in [0.2, 0.25) is 0 Å². The summed E-state index contributed by atoms with van der Waals surface area (Å²) in [7, 11) is 1.76. The first-order chi connectivity index (χ1) is 8.00. The number of aromatic nitrogens is 1. The number of nitrogens with zero attached hydrogens (tertiary/aromatic N) is 1. The molecule has 0 atom stereocenters. The molecule has 2 rings (SSSR count). The lowest BCUT2D eigenvalue weighted by atomic mass is 10.2. The molecule has 0 unspecified atom stereocenters. The molecular formula is C12H16N2O3. The highest BCUT2D eigenvalue weighted by Gasteiger charge is 2.29. The van der Waals surface area contributed by atoms with Gasteiger partial charge in [0.2, 0.25) is 11.3 Å². The Balaban J connectivity index is 2.19. The molecule has 1 aliphatic carbocycles. The molecule has 1 heterocycles. The average Bonchev–Trinajstić information content (AvgIpc) is 3.10. The summed E-state index contributed by atoms with van der Waals surface area (Å²) in [5.41, 5.74) is 0.795. The molecule has 17 heavy (non-hydrogen) atoms. The van der Waals surface area contributed by atoms with Crippen LogP contribution in [-0.4, -0.2) is 15.6 Å². The zero-order valence-electron chi connectivity index (χ0n) is 9.99.